The summed E-state index contributed by atoms with van der Waals surface area (Å²) in [6, 6.07) is 10.5. The molecule has 2 saturated carbocycles. The fourth-order valence-corrected chi connectivity index (χ4v) is 10.4. The van der Waals surface area contributed by atoms with E-state index in [1.165, 1.54) is 36.4 Å². The van der Waals surface area contributed by atoms with Crippen LogP contribution in [0.1, 0.15) is 56.2 Å². The molecule has 0 saturated heterocycles. The van der Waals surface area contributed by atoms with Crippen molar-refractivity contribution in [2.75, 3.05) is 13.5 Å². The van der Waals surface area contributed by atoms with Crippen molar-refractivity contribution < 1.29 is 39.6 Å². The second kappa shape index (κ2) is 10.8. The summed E-state index contributed by atoms with van der Waals surface area (Å²) >= 11 is 0. The number of alkyl halides is 3. The molecule has 0 unspecified atom stereocenters. The molecule has 0 aromatic heterocycles. The minimum atomic E-state index is -4.94. The van der Waals surface area contributed by atoms with Crippen LogP contribution in [0, 0.1) is 11.8 Å². The molecule has 47 heavy (non-hydrogen) atoms. The zero-order chi connectivity index (χ0) is 33.6. The van der Waals surface area contributed by atoms with Gasteiger partial charge in [0.1, 0.15) is 0 Å². The topological polar surface area (TPSA) is 112 Å². The number of rotatable bonds is 7. The lowest BCUT2D eigenvalue weighted by Crippen LogP contribution is -2.37. The third-order valence-electron chi connectivity index (χ3n) is 9.30. The summed E-state index contributed by atoms with van der Waals surface area (Å²) in [7, 11) is -9.89. The lowest BCUT2D eigenvalue weighted by Gasteiger charge is -2.26. The van der Waals surface area contributed by atoms with Gasteiger partial charge in [-0.1, -0.05) is 0 Å². The predicted octanol–water partition coefficient (Wildman–Crippen LogP) is 5.66. The van der Waals surface area contributed by atoms with Crippen molar-refractivity contribution in [3.63, 3.8) is 0 Å². The van der Waals surface area contributed by atoms with Gasteiger partial charge in [0.25, 0.3) is 20.0 Å². The lowest BCUT2D eigenvalue weighted by molar-refractivity contribution is -0.137. The average molecular weight is 688 g/mol. The predicted molar refractivity (Wildman–Crippen MR) is 168 cm³/mol. The van der Waals surface area contributed by atoms with Gasteiger partial charge in [-0.2, -0.15) is 16.9 Å². The van der Waals surface area contributed by atoms with Gasteiger partial charge < -0.3 is 9.80 Å². The van der Waals surface area contributed by atoms with Crippen LogP contribution in [0.3, 0.4) is 0 Å². The van der Waals surface area contributed by atoms with Crippen LogP contribution in [-0.4, -0.2) is 40.7 Å². The lowest BCUT2D eigenvalue weighted by atomic mass is 10.1. The molecule has 0 radical (unpaired) electrons. The first kappa shape index (κ1) is 31.7. The number of amides is 2. The number of nitrogens with zero attached hydrogens (tertiary/aromatic N) is 3. The Bertz CT molecular complexity index is 1910. The molecule has 2 aliphatic carbocycles. The van der Waals surface area contributed by atoms with Crippen LogP contribution in [0.2, 0.25) is 0 Å². The van der Waals surface area contributed by atoms with Crippen molar-refractivity contribution in [2.45, 2.75) is 80.4 Å². The Morgan fingerprint density at radius 1 is 0.681 bits per heavy atom. The molecule has 2 amide bonds. The van der Waals surface area contributed by atoms with E-state index in [0.29, 0.717) is 47.5 Å². The molecule has 3 aromatic carbocycles. The van der Waals surface area contributed by atoms with Crippen LogP contribution in [-0.2, 0) is 48.7 Å². The number of halogens is 3. The van der Waals surface area contributed by atoms with Crippen LogP contribution in [0.4, 0.5) is 30.2 Å². The van der Waals surface area contributed by atoms with Gasteiger partial charge in [-0.05, 0) is 124 Å². The quantitative estimate of drug-likeness (QED) is 0.317. The van der Waals surface area contributed by atoms with E-state index < -0.39 is 37.5 Å². The SMILES string of the molecule is C[C@@H]1Cc2cc(S(=O)(=O)N(c3ccc(C(F)(F)F)cc3)S(=O)(=O)c3ccc4c(c3)C[C@H](C)N4C(=O)C3CC3)ccc2N1C(=O)C1CC1. The molecular formula is C33H32F3N3O6S2. The number of carbonyl (C=O) groups is 2. The van der Waals surface area contributed by atoms with Gasteiger partial charge in [0.05, 0.1) is 21.0 Å². The largest absolute Gasteiger partial charge is 0.416 e. The molecule has 248 valence electrons. The van der Waals surface area contributed by atoms with Crippen LogP contribution >= 0.6 is 0 Å². The van der Waals surface area contributed by atoms with E-state index in [2.05, 4.69) is 0 Å². The Morgan fingerprint density at radius 2 is 1.09 bits per heavy atom. The molecule has 7 rings (SSSR count). The van der Waals surface area contributed by atoms with Gasteiger partial charge in [-0.25, -0.2) is 16.8 Å². The van der Waals surface area contributed by atoms with Crippen molar-refractivity contribution in [1.82, 2.24) is 0 Å². The van der Waals surface area contributed by atoms with Crippen LogP contribution in [0.15, 0.2) is 70.5 Å². The zero-order valence-corrected chi connectivity index (χ0v) is 27.2. The molecule has 9 nitrogen and oxygen atoms in total. The number of hydrogen-bond donors (Lipinski definition) is 0. The van der Waals surface area contributed by atoms with Crippen molar-refractivity contribution in [2.24, 2.45) is 11.8 Å². The van der Waals surface area contributed by atoms with Gasteiger partial charge in [-0.3, -0.25) is 9.59 Å². The summed E-state index contributed by atoms with van der Waals surface area (Å²) in [5.41, 5.74) is 0.617. The molecule has 2 fully saturated rings. The van der Waals surface area contributed by atoms with Crippen LogP contribution < -0.4 is 13.5 Å². The highest BCUT2D eigenvalue weighted by atomic mass is 32.3. The minimum absolute atomic E-state index is 0.0378. The monoisotopic (exact) mass is 687 g/mol. The van der Waals surface area contributed by atoms with Gasteiger partial charge >= 0.3 is 6.18 Å². The maximum absolute atomic E-state index is 14.3. The fraction of sp³-hybridized carbons (Fsp3) is 0.394. The zero-order valence-electron chi connectivity index (χ0n) is 25.6. The summed E-state index contributed by atoms with van der Waals surface area (Å²) in [6.45, 7) is 3.70. The molecule has 0 spiro atoms. The Morgan fingerprint density at radius 3 is 1.45 bits per heavy atom. The highest BCUT2D eigenvalue weighted by Crippen LogP contribution is 2.43. The van der Waals surface area contributed by atoms with E-state index in [4.69, 9.17) is 0 Å². The smallest absolute Gasteiger partial charge is 0.309 e. The highest BCUT2D eigenvalue weighted by molar-refractivity contribution is 8.10. The average Bonchev–Trinajstić information content (AvgIpc) is 3.93. The fourth-order valence-electron chi connectivity index (χ4n) is 6.63. The highest BCUT2D eigenvalue weighted by Gasteiger charge is 2.44. The third-order valence-corrected chi connectivity index (χ3v) is 13.5. The molecule has 4 aliphatic rings. The molecule has 0 N–H and O–H groups in total. The summed E-state index contributed by atoms with van der Waals surface area (Å²) < 4.78 is 97.8. The van der Waals surface area contributed by atoms with E-state index in [-0.39, 0.29) is 49.2 Å². The van der Waals surface area contributed by atoms with E-state index in [9.17, 15) is 39.6 Å². The van der Waals surface area contributed by atoms with E-state index in [1.807, 2.05) is 13.8 Å². The second-order valence-electron chi connectivity index (χ2n) is 12.9. The first-order valence-corrected chi connectivity index (χ1v) is 18.4. The van der Waals surface area contributed by atoms with Crippen molar-refractivity contribution in [3.8, 4) is 0 Å². The number of sulfonamides is 2. The number of anilines is 3. The first-order chi connectivity index (χ1) is 22.1. The number of hydrogen-bond acceptors (Lipinski definition) is 6. The van der Waals surface area contributed by atoms with E-state index in [0.717, 1.165) is 37.8 Å². The van der Waals surface area contributed by atoms with Gasteiger partial charge in [-0.15, -0.1) is 0 Å². The normalized spacial score (nSPS) is 21.0. The Labute approximate surface area is 271 Å². The number of carbonyl (C=O) groups excluding carboxylic acids is 2. The summed E-state index contributed by atoms with van der Waals surface area (Å²) in [5.74, 6) is -0.212. The standard InChI is InChI=1S/C33H32F3N3O6S2/c1-19-15-23-17-27(11-13-29(23)37(19)31(40)21-3-4-21)46(42,43)39(26-9-7-25(8-10-26)33(34,35)36)47(44,45)28-12-14-30-24(18-28)16-20(2)38(30)32(41)22-5-6-22/h7-14,17-22H,3-6,15-16H2,1-2H3/t19-,20+. The molecule has 2 aliphatic heterocycles. The van der Waals surface area contributed by atoms with Crippen molar-refractivity contribution >= 4 is 48.9 Å². The van der Waals surface area contributed by atoms with Crippen molar-refractivity contribution in [3.05, 3.63) is 77.4 Å². The molecule has 3 aromatic rings. The van der Waals surface area contributed by atoms with Gasteiger partial charge in [0.2, 0.25) is 11.8 Å². The second-order valence-corrected chi connectivity index (χ2v) is 16.7. The number of fused-ring (bicyclic) bond motifs is 2. The van der Waals surface area contributed by atoms with E-state index >= 15 is 0 Å². The van der Waals surface area contributed by atoms with Crippen molar-refractivity contribution in [1.29, 1.82) is 0 Å². The summed E-state index contributed by atoms with van der Waals surface area (Å²) in [5, 5.41) is 0. The Balaban J connectivity index is 1.31. The van der Waals surface area contributed by atoms with Gasteiger partial charge in [0, 0.05) is 35.3 Å². The Hall–Kier alpha value is -3.91. The molecule has 14 heteroatoms. The summed E-state index contributed by atoms with van der Waals surface area (Å²) in [6.07, 6.45) is -0.865. The maximum atomic E-state index is 14.3. The maximum Gasteiger partial charge on any atom is 0.416 e. The third kappa shape index (κ3) is 5.38. The van der Waals surface area contributed by atoms with Crippen LogP contribution in [0.5, 0.6) is 0 Å². The van der Waals surface area contributed by atoms with Gasteiger partial charge in [0.15, 0.2) is 0 Å². The first-order valence-electron chi connectivity index (χ1n) is 15.5. The van der Waals surface area contributed by atoms with E-state index in [1.54, 1.807) is 9.80 Å². The minimum Gasteiger partial charge on any atom is -0.309 e. The molecular weight excluding hydrogens is 656 g/mol. The number of benzene rings is 3. The summed E-state index contributed by atoms with van der Waals surface area (Å²) in [4.78, 5) is 28.4. The molecule has 2 heterocycles. The molecule has 2 atom stereocenters. The Kier molecular flexibility index (Phi) is 7.28. The van der Waals surface area contributed by atoms with Crippen LogP contribution in [0.25, 0.3) is 0 Å². The molecule has 0 bridgehead atoms.